The van der Waals surface area contributed by atoms with Crippen molar-refractivity contribution in [3.05, 3.63) is 52.0 Å². The molecule has 1 aromatic heterocycles. The molecule has 0 amide bonds. The predicted molar refractivity (Wildman–Crippen MR) is 86.2 cm³/mol. The summed E-state index contributed by atoms with van der Waals surface area (Å²) in [6, 6.07) is 4.02. The number of aromatic nitrogens is 2. The first kappa shape index (κ1) is 14.9. The van der Waals surface area contributed by atoms with Crippen LogP contribution in [0, 0.1) is 13.8 Å². The molecule has 0 aliphatic heterocycles. The molecular weight excluding hydrogens is 300 g/mol. The van der Waals surface area contributed by atoms with E-state index in [0.717, 1.165) is 33.7 Å². The van der Waals surface area contributed by atoms with Crippen LogP contribution in [0.1, 0.15) is 29.5 Å². The Hall–Kier alpha value is -2.07. The van der Waals surface area contributed by atoms with E-state index in [2.05, 4.69) is 5.10 Å². The molecule has 22 heavy (non-hydrogen) atoms. The van der Waals surface area contributed by atoms with Gasteiger partial charge in [0.15, 0.2) is 5.78 Å². The summed E-state index contributed by atoms with van der Waals surface area (Å²) in [6.07, 6.45) is 4.57. The van der Waals surface area contributed by atoms with Crippen LogP contribution in [0.15, 0.2) is 30.3 Å². The lowest BCUT2D eigenvalue weighted by molar-refractivity contribution is -0.113. The van der Waals surface area contributed by atoms with Crippen molar-refractivity contribution >= 4 is 23.0 Å². The van der Waals surface area contributed by atoms with Crippen LogP contribution in [0.25, 0.3) is 11.3 Å². The number of rotatable bonds is 3. The third-order valence-electron chi connectivity index (χ3n) is 3.97. The van der Waals surface area contributed by atoms with Crippen molar-refractivity contribution in [3.63, 3.8) is 0 Å². The second kappa shape index (κ2) is 5.61. The molecule has 5 heteroatoms. The normalized spacial score (nSPS) is 14.8. The van der Waals surface area contributed by atoms with Crippen LogP contribution in [0.5, 0.6) is 0 Å². The predicted octanol–water partition coefficient (Wildman–Crippen LogP) is 3.86. The van der Waals surface area contributed by atoms with Crippen LogP contribution >= 0.6 is 11.6 Å². The highest BCUT2D eigenvalue weighted by atomic mass is 35.5. The first-order valence-corrected chi connectivity index (χ1v) is 7.51. The van der Waals surface area contributed by atoms with Crippen molar-refractivity contribution < 1.29 is 9.53 Å². The zero-order valence-electron chi connectivity index (χ0n) is 12.8. The minimum Gasteiger partial charge on any atom is -0.500 e. The first-order chi connectivity index (χ1) is 10.5. The molecule has 3 rings (SSSR count). The van der Waals surface area contributed by atoms with E-state index >= 15 is 0 Å². The summed E-state index contributed by atoms with van der Waals surface area (Å²) < 4.78 is 7.13. The number of allylic oxidation sites excluding steroid dienone is 2. The molecule has 2 aromatic rings. The van der Waals surface area contributed by atoms with Crippen LogP contribution in [0.4, 0.5) is 0 Å². The summed E-state index contributed by atoms with van der Waals surface area (Å²) in [6.45, 7) is 4.01. The van der Waals surface area contributed by atoms with Crippen LogP contribution in [0.3, 0.4) is 0 Å². The van der Waals surface area contributed by atoms with Crippen molar-refractivity contribution in [2.45, 2.75) is 26.7 Å². The Morgan fingerprint density at radius 3 is 2.45 bits per heavy atom. The smallest absolute Gasteiger partial charge is 0.167 e. The van der Waals surface area contributed by atoms with Crippen molar-refractivity contribution in [3.8, 4) is 5.69 Å². The number of ketones is 1. The molecule has 1 heterocycles. The van der Waals surface area contributed by atoms with Gasteiger partial charge in [-0.15, -0.1) is 0 Å². The van der Waals surface area contributed by atoms with E-state index in [1.165, 1.54) is 0 Å². The van der Waals surface area contributed by atoms with Gasteiger partial charge in [-0.25, -0.2) is 4.68 Å². The molecule has 4 nitrogen and oxygen atoms in total. The molecule has 0 bridgehead atoms. The second-order valence-corrected chi connectivity index (χ2v) is 5.92. The number of methoxy groups -OCH3 is 1. The molecule has 0 fully saturated rings. The largest absolute Gasteiger partial charge is 0.500 e. The van der Waals surface area contributed by atoms with Gasteiger partial charge in [-0.05, 0) is 42.7 Å². The number of hydrogen-bond donors (Lipinski definition) is 0. The number of nitrogens with zero attached hydrogens (tertiary/aromatic N) is 2. The molecule has 114 valence electrons. The van der Waals surface area contributed by atoms with Gasteiger partial charge in [0.05, 0.1) is 29.6 Å². The Labute approximate surface area is 134 Å². The van der Waals surface area contributed by atoms with Crippen LogP contribution in [0.2, 0.25) is 5.02 Å². The summed E-state index contributed by atoms with van der Waals surface area (Å²) in [4.78, 5) is 12.2. The van der Waals surface area contributed by atoms with Gasteiger partial charge in [-0.1, -0.05) is 11.6 Å². The molecule has 0 N–H and O–H groups in total. The molecule has 0 saturated carbocycles. The highest BCUT2D eigenvalue weighted by molar-refractivity contribution is 6.30. The van der Waals surface area contributed by atoms with Crippen molar-refractivity contribution in [2.24, 2.45) is 0 Å². The Morgan fingerprint density at radius 1 is 1.23 bits per heavy atom. The zero-order chi connectivity index (χ0) is 15.9. The Morgan fingerprint density at radius 2 is 1.91 bits per heavy atom. The Kier molecular flexibility index (Phi) is 3.79. The van der Waals surface area contributed by atoms with E-state index < -0.39 is 0 Å². The standard InChI is InChI=1S/C17H17ClN2O2/c1-10-6-13(20-9-12(18)8-19-20)7-11(2)16(10)17-14(21)4-5-15(17)22-3/h6-9H,4-5H2,1-3H3. The molecule has 0 unspecified atom stereocenters. The quantitative estimate of drug-likeness (QED) is 0.863. The van der Waals surface area contributed by atoms with E-state index in [-0.39, 0.29) is 5.78 Å². The maximum absolute atomic E-state index is 12.2. The maximum Gasteiger partial charge on any atom is 0.167 e. The topological polar surface area (TPSA) is 44.1 Å². The lowest BCUT2D eigenvalue weighted by atomic mass is 9.93. The summed E-state index contributed by atoms with van der Waals surface area (Å²) in [5, 5.41) is 4.81. The van der Waals surface area contributed by atoms with E-state index in [1.807, 2.05) is 26.0 Å². The number of hydrogen-bond acceptors (Lipinski definition) is 3. The van der Waals surface area contributed by atoms with Crippen LogP contribution in [-0.2, 0) is 9.53 Å². The molecule has 0 atom stereocenters. The van der Waals surface area contributed by atoms with E-state index in [9.17, 15) is 4.79 Å². The van der Waals surface area contributed by atoms with Crippen LogP contribution in [-0.4, -0.2) is 22.7 Å². The summed E-state index contributed by atoms with van der Waals surface area (Å²) in [5.74, 6) is 0.934. The van der Waals surface area contributed by atoms with Gasteiger partial charge in [-0.2, -0.15) is 5.10 Å². The van der Waals surface area contributed by atoms with E-state index in [1.54, 1.807) is 24.2 Å². The number of aryl methyl sites for hydroxylation is 2. The molecule has 0 spiro atoms. The van der Waals surface area contributed by atoms with Gasteiger partial charge in [0, 0.05) is 19.0 Å². The number of halogens is 1. The molecule has 1 aliphatic rings. The minimum absolute atomic E-state index is 0.151. The van der Waals surface area contributed by atoms with Gasteiger partial charge in [0.25, 0.3) is 0 Å². The highest BCUT2D eigenvalue weighted by Crippen LogP contribution is 2.35. The Balaban J connectivity index is 2.13. The lowest BCUT2D eigenvalue weighted by Crippen LogP contribution is -2.04. The van der Waals surface area contributed by atoms with E-state index in [4.69, 9.17) is 16.3 Å². The first-order valence-electron chi connectivity index (χ1n) is 7.13. The SMILES string of the molecule is COC1=C(c2c(C)cc(-n3cc(Cl)cn3)cc2C)C(=O)CC1. The second-order valence-electron chi connectivity index (χ2n) is 5.48. The monoisotopic (exact) mass is 316 g/mol. The minimum atomic E-state index is 0.151. The number of Topliss-reactive ketones (excluding diaryl/α,β-unsaturated/α-hetero) is 1. The van der Waals surface area contributed by atoms with Gasteiger partial charge in [0.2, 0.25) is 0 Å². The Bertz CT molecular complexity index is 767. The summed E-state index contributed by atoms with van der Waals surface area (Å²) in [7, 11) is 1.62. The van der Waals surface area contributed by atoms with Crippen LogP contribution < -0.4 is 0 Å². The molecule has 0 saturated heterocycles. The van der Waals surface area contributed by atoms with Crippen molar-refractivity contribution in [2.75, 3.05) is 7.11 Å². The number of benzene rings is 1. The third kappa shape index (κ3) is 2.44. The fourth-order valence-corrected chi connectivity index (χ4v) is 3.16. The van der Waals surface area contributed by atoms with Crippen molar-refractivity contribution in [1.82, 2.24) is 9.78 Å². The van der Waals surface area contributed by atoms with Gasteiger partial charge >= 0.3 is 0 Å². The maximum atomic E-state index is 12.2. The molecule has 1 aliphatic carbocycles. The summed E-state index contributed by atoms with van der Waals surface area (Å²) in [5.41, 5.74) is 4.68. The highest BCUT2D eigenvalue weighted by Gasteiger charge is 2.27. The third-order valence-corrected chi connectivity index (χ3v) is 4.16. The number of carbonyl (C=O) groups excluding carboxylic acids is 1. The number of carbonyl (C=O) groups is 1. The summed E-state index contributed by atoms with van der Waals surface area (Å²) >= 11 is 5.93. The lowest BCUT2D eigenvalue weighted by Gasteiger charge is -2.14. The number of ether oxygens (including phenoxy) is 1. The van der Waals surface area contributed by atoms with Gasteiger partial charge < -0.3 is 4.74 Å². The fraction of sp³-hybridized carbons (Fsp3) is 0.294. The average Bonchev–Trinajstić information content (AvgIpc) is 3.05. The molecule has 1 aromatic carbocycles. The van der Waals surface area contributed by atoms with Crippen molar-refractivity contribution in [1.29, 1.82) is 0 Å². The molecule has 0 radical (unpaired) electrons. The van der Waals surface area contributed by atoms with Gasteiger partial charge in [0.1, 0.15) is 5.76 Å². The zero-order valence-corrected chi connectivity index (χ0v) is 13.6. The average molecular weight is 317 g/mol. The van der Waals surface area contributed by atoms with E-state index in [0.29, 0.717) is 17.9 Å². The van der Waals surface area contributed by atoms with Gasteiger partial charge in [-0.3, -0.25) is 4.79 Å². The molecular formula is C17H17ClN2O2. The fourth-order valence-electron chi connectivity index (χ4n) is 3.02.